The lowest BCUT2D eigenvalue weighted by Gasteiger charge is -2.09. The first-order valence-electron chi connectivity index (χ1n) is 9.40. The van der Waals surface area contributed by atoms with Crippen LogP contribution in [0.4, 0.5) is 0 Å². The first-order chi connectivity index (χ1) is 13.7. The van der Waals surface area contributed by atoms with Gasteiger partial charge in [0.05, 0.1) is 11.4 Å². The summed E-state index contributed by atoms with van der Waals surface area (Å²) in [6.07, 6.45) is 2.25. The SMILES string of the molecule is CNC(=O)c1cccc(CNC(=O)c2cc(C3CC3)nn2-c2ccccc2)c1. The van der Waals surface area contributed by atoms with Crippen LogP contribution in [0.5, 0.6) is 0 Å². The van der Waals surface area contributed by atoms with E-state index in [4.69, 9.17) is 0 Å². The van der Waals surface area contributed by atoms with E-state index in [1.165, 1.54) is 0 Å². The average molecular weight is 374 g/mol. The van der Waals surface area contributed by atoms with Crippen molar-refractivity contribution in [2.24, 2.45) is 0 Å². The van der Waals surface area contributed by atoms with Gasteiger partial charge < -0.3 is 10.6 Å². The van der Waals surface area contributed by atoms with Crippen molar-refractivity contribution in [3.05, 3.63) is 83.2 Å². The molecule has 1 heterocycles. The van der Waals surface area contributed by atoms with E-state index >= 15 is 0 Å². The summed E-state index contributed by atoms with van der Waals surface area (Å²) >= 11 is 0. The molecule has 0 atom stereocenters. The molecule has 1 aliphatic rings. The van der Waals surface area contributed by atoms with Crippen LogP contribution in [-0.4, -0.2) is 28.6 Å². The number of hydrogen-bond donors (Lipinski definition) is 2. The van der Waals surface area contributed by atoms with Gasteiger partial charge in [0, 0.05) is 25.1 Å². The molecule has 2 aromatic carbocycles. The van der Waals surface area contributed by atoms with Crippen molar-refractivity contribution in [3.8, 4) is 5.69 Å². The maximum atomic E-state index is 12.9. The van der Waals surface area contributed by atoms with Crippen LogP contribution in [0.15, 0.2) is 60.7 Å². The van der Waals surface area contributed by atoms with Crippen molar-refractivity contribution in [2.45, 2.75) is 25.3 Å². The van der Waals surface area contributed by atoms with E-state index in [-0.39, 0.29) is 11.8 Å². The third-order valence-corrected chi connectivity index (χ3v) is 4.83. The molecule has 0 bridgehead atoms. The number of benzene rings is 2. The van der Waals surface area contributed by atoms with E-state index < -0.39 is 0 Å². The van der Waals surface area contributed by atoms with Gasteiger partial charge in [0.1, 0.15) is 5.69 Å². The topological polar surface area (TPSA) is 76.0 Å². The highest BCUT2D eigenvalue weighted by atomic mass is 16.2. The highest BCUT2D eigenvalue weighted by molar-refractivity contribution is 5.94. The van der Waals surface area contributed by atoms with Crippen molar-refractivity contribution in [1.29, 1.82) is 0 Å². The lowest BCUT2D eigenvalue weighted by atomic mass is 10.1. The summed E-state index contributed by atoms with van der Waals surface area (Å²) in [4.78, 5) is 24.7. The van der Waals surface area contributed by atoms with Crippen LogP contribution in [-0.2, 0) is 6.54 Å². The molecule has 28 heavy (non-hydrogen) atoms. The van der Waals surface area contributed by atoms with Crippen molar-refractivity contribution >= 4 is 11.8 Å². The average Bonchev–Trinajstić information content (AvgIpc) is 3.50. The third kappa shape index (κ3) is 3.81. The predicted molar refractivity (Wildman–Crippen MR) is 107 cm³/mol. The fraction of sp³-hybridized carbons (Fsp3) is 0.227. The number of amides is 2. The lowest BCUT2D eigenvalue weighted by Crippen LogP contribution is -2.25. The molecule has 142 valence electrons. The largest absolute Gasteiger partial charge is 0.355 e. The second kappa shape index (κ2) is 7.68. The van der Waals surface area contributed by atoms with Crippen LogP contribution in [0, 0.1) is 0 Å². The number of nitrogens with one attached hydrogen (secondary N) is 2. The van der Waals surface area contributed by atoms with Gasteiger partial charge in [0.25, 0.3) is 11.8 Å². The standard InChI is InChI=1S/C22H22N4O2/c1-23-21(27)17-7-5-6-15(12-17)14-24-22(28)20-13-19(16-10-11-16)25-26(20)18-8-3-2-4-9-18/h2-9,12-13,16H,10-11,14H2,1H3,(H,23,27)(H,24,28). The van der Waals surface area contributed by atoms with Crippen molar-refractivity contribution in [2.75, 3.05) is 7.05 Å². The quantitative estimate of drug-likeness (QED) is 0.696. The zero-order chi connectivity index (χ0) is 19.5. The molecular formula is C22H22N4O2. The Labute approximate surface area is 163 Å². The van der Waals surface area contributed by atoms with E-state index in [9.17, 15) is 9.59 Å². The van der Waals surface area contributed by atoms with E-state index in [0.717, 1.165) is 29.8 Å². The van der Waals surface area contributed by atoms with Gasteiger partial charge in [-0.25, -0.2) is 4.68 Å². The molecule has 1 aromatic heterocycles. The Hall–Kier alpha value is -3.41. The van der Waals surface area contributed by atoms with E-state index in [0.29, 0.717) is 23.7 Å². The molecule has 0 unspecified atom stereocenters. The second-order valence-corrected chi connectivity index (χ2v) is 6.94. The van der Waals surface area contributed by atoms with Crippen molar-refractivity contribution in [3.63, 3.8) is 0 Å². The fourth-order valence-corrected chi connectivity index (χ4v) is 3.15. The first-order valence-corrected chi connectivity index (χ1v) is 9.40. The van der Waals surface area contributed by atoms with Crippen LogP contribution >= 0.6 is 0 Å². The molecule has 1 saturated carbocycles. The van der Waals surface area contributed by atoms with Crippen LogP contribution in [0.2, 0.25) is 0 Å². The maximum absolute atomic E-state index is 12.9. The number of rotatable bonds is 6. The van der Waals surface area contributed by atoms with Crippen LogP contribution < -0.4 is 10.6 Å². The van der Waals surface area contributed by atoms with Gasteiger partial charge in [-0.05, 0) is 48.7 Å². The Morgan fingerprint density at radius 3 is 2.54 bits per heavy atom. The van der Waals surface area contributed by atoms with Crippen molar-refractivity contribution in [1.82, 2.24) is 20.4 Å². The van der Waals surface area contributed by atoms with E-state index in [2.05, 4.69) is 15.7 Å². The number of nitrogens with zero attached hydrogens (tertiary/aromatic N) is 2. The minimum absolute atomic E-state index is 0.149. The first kappa shape index (κ1) is 18.0. The second-order valence-electron chi connectivity index (χ2n) is 6.94. The molecular weight excluding hydrogens is 352 g/mol. The molecule has 0 spiro atoms. The molecule has 1 aliphatic carbocycles. The number of carbonyl (C=O) groups is 2. The summed E-state index contributed by atoms with van der Waals surface area (Å²) in [5.74, 6) is 0.124. The number of para-hydroxylation sites is 1. The van der Waals surface area contributed by atoms with Gasteiger partial charge in [-0.15, -0.1) is 0 Å². The summed E-state index contributed by atoms with van der Waals surface area (Å²) in [5, 5.41) is 10.2. The summed E-state index contributed by atoms with van der Waals surface area (Å²) < 4.78 is 1.71. The Bertz CT molecular complexity index is 1010. The fourth-order valence-electron chi connectivity index (χ4n) is 3.15. The number of carbonyl (C=O) groups excluding carboxylic acids is 2. The minimum Gasteiger partial charge on any atom is -0.355 e. The van der Waals surface area contributed by atoms with Gasteiger partial charge in [-0.3, -0.25) is 9.59 Å². The predicted octanol–water partition coefficient (Wildman–Crippen LogP) is 3.04. The zero-order valence-electron chi connectivity index (χ0n) is 15.7. The van der Waals surface area contributed by atoms with Crippen LogP contribution in [0.25, 0.3) is 5.69 Å². The zero-order valence-corrected chi connectivity index (χ0v) is 15.7. The summed E-state index contributed by atoms with van der Waals surface area (Å²) in [6.45, 7) is 0.336. The van der Waals surface area contributed by atoms with Crippen LogP contribution in [0.3, 0.4) is 0 Å². The molecule has 2 N–H and O–H groups in total. The Balaban J connectivity index is 1.54. The Kier molecular flexibility index (Phi) is 4.93. The molecule has 2 amide bonds. The van der Waals surface area contributed by atoms with Gasteiger partial charge in [-0.1, -0.05) is 30.3 Å². The van der Waals surface area contributed by atoms with Crippen molar-refractivity contribution < 1.29 is 9.59 Å². The number of aromatic nitrogens is 2. The third-order valence-electron chi connectivity index (χ3n) is 4.83. The van der Waals surface area contributed by atoms with E-state index in [1.807, 2.05) is 48.5 Å². The molecule has 0 saturated heterocycles. The number of hydrogen-bond acceptors (Lipinski definition) is 3. The van der Waals surface area contributed by atoms with E-state index in [1.54, 1.807) is 23.9 Å². The minimum atomic E-state index is -0.186. The summed E-state index contributed by atoms with van der Waals surface area (Å²) in [6, 6.07) is 18.8. The Morgan fingerprint density at radius 2 is 1.82 bits per heavy atom. The lowest BCUT2D eigenvalue weighted by molar-refractivity contribution is 0.0941. The molecule has 6 heteroatoms. The summed E-state index contributed by atoms with van der Waals surface area (Å²) in [5.41, 5.74) is 3.79. The molecule has 4 rings (SSSR count). The highest BCUT2D eigenvalue weighted by Crippen LogP contribution is 2.39. The molecule has 1 fully saturated rings. The monoisotopic (exact) mass is 374 g/mol. The normalized spacial score (nSPS) is 13.2. The van der Waals surface area contributed by atoms with Gasteiger partial charge in [0.15, 0.2) is 0 Å². The highest BCUT2D eigenvalue weighted by Gasteiger charge is 2.29. The van der Waals surface area contributed by atoms with Gasteiger partial charge >= 0.3 is 0 Å². The van der Waals surface area contributed by atoms with Gasteiger partial charge in [-0.2, -0.15) is 5.10 Å². The van der Waals surface area contributed by atoms with Gasteiger partial charge in [0.2, 0.25) is 0 Å². The molecule has 0 radical (unpaired) electrons. The summed E-state index contributed by atoms with van der Waals surface area (Å²) in [7, 11) is 1.60. The van der Waals surface area contributed by atoms with Crippen LogP contribution in [0.1, 0.15) is 50.9 Å². The molecule has 6 nitrogen and oxygen atoms in total. The molecule has 3 aromatic rings. The Morgan fingerprint density at radius 1 is 1.04 bits per heavy atom. The molecule has 0 aliphatic heterocycles. The smallest absolute Gasteiger partial charge is 0.270 e. The maximum Gasteiger partial charge on any atom is 0.270 e.